The van der Waals surface area contributed by atoms with E-state index in [9.17, 15) is 4.79 Å². The molecule has 26 heavy (non-hydrogen) atoms. The molecule has 4 nitrogen and oxygen atoms in total. The Morgan fingerprint density at radius 1 is 1.00 bits per heavy atom. The molecule has 2 heterocycles. The molecule has 1 atom stereocenters. The highest BCUT2D eigenvalue weighted by molar-refractivity contribution is 8.00. The van der Waals surface area contributed by atoms with Gasteiger partial charge in [-0.05, 0) is 24.3 Å². The average Bonchev–Trinajstić information content (AvgIpc) is 2.68. The third-order valence-corrected chi connectivity index (χ3v) is 6.24. The van der Waals surface area contributed by atoms with E-state index in [-0.39, 0.29) is 5.91 Å². The van der Waals surface area contributed by atoms with Crippen molar-refractivity contribution in [3.05, 3.63) is 54.6 Å². The second-order valence-electron chi connectivity index (χ2n) is 6.98. The van der Waals surface area contributed by atoms with Gasteiger partial charge in [0.25, 0.3) is 0 Å². The number of anilines is 2. The van der Waals surface area contributed by atoms with Crippen LogP contribution in [0.4, 0.5) is 11.4 Å². The van der Waals surface area contributed by atoms with E-state index in [0.717, 1.165) is 32.7 Å². The van der Waals surface area contributed by atoms with Crippen LogP contribution in [0.15, 0.2) is 59.5 Å². The van der Waals surface area contributed by atoms with Gasteiger partial charge in [-0.1, -0.05) is 37.3 Å². The number of carbonyl (C=O) groups is 1. The molecule has 5 heteroatoms. The van der Waals surface area contributed by atoms with Crippen LogP contribution in [0.3, 0.4) is 0 Å². The van der Waals surface area contributed by atoms with Crippen LogP contribution in [-0.2, 0) is 4.79 Å². The summed E-state index contributed by atoms with van der Waals surface area (Å²) in [5, 5.41) is 0.507. The molecule has 2 aromatic carbocycles. The molecule has 0 aliphatic carbocycles. The first-order chi connectivity index (χ1) is 12.7. The lowest BCUT2D eigenvalue weighted by molar-refractivity contribution is -0.130. The molecule has 1 saturated heterocycles. The van der Waals surface area contributed by atoms with Crippen LogP contribution in [0.2, 0.25) is 0 Å². The molecule has 2 aromatic rings. The minimum atomic E-state index is 0.242. The molecule has 0 aromatic heterocycles. The number of carbonyl (C=O) groups excluding carboxylic acids is 1. The Morgan fingerprint density at radius 3 is 2.46 bits per heavy atom. The van der Waals surface area contributed by atoms with Crippen molar-refractivity contribution in [2.45, 2.75) is 17.1 Å². The molecule has 0 spiro atoms. The first kappa shape index (κ1) is 17.3. The second-order valence-corrected chi connectivity index (χ2v) is 8.46. The Bertz CT molecular complexity index is 759. The van der Waals surface area contributed by atoms with Crippen LogP contribution in [0.25, 0.3) is 0 Å². The Morgan fingerprint density at radius 2 is 1.69 bits per heavy atom. The second kappa shape index (κ2) is 7.62. The van der Waals surface area contributed by atoms with Crippen LogP contribution in [-0.4, -0.2) is 55.3 Å². The van der Waals surface area contributed by atoms with Crippen LogP contribution in [0.1, 0.15) is 6.92 Å². The van der Waals surface area contributed by atoms with Gasteiger partial charge in [-0.15, -0.1) is 11.8 Å². The van der Waals surface area contributed by atoms with Gasteiger partial charge in [-0.3, -0.25) is 4.79 Å². The zero-order valence-corrected chi connectivity index (χ0v) is 16.0. The maximum atomic E-state index is 12.9. The molecule has 136 valence electrons. The van der Waals surface area contributed by atoms with E-state index in [0.29, 0.717) is 11.8 Å². The molecule has 2 aliphatic heterocycles. The number of hydrogen-bond acceptors (Lipinski definition) is 4. The largest absolute Gasteiger partial charge is 0.368 e. The highest BCUT2D eigenvalue weighted by Crippen LogP contribution is 2.37. The lowest BCUT2D eigenvalue weighted by Crippen LogP contribution is -2.52. The predicted molar refractivity (Wildman–Crippen MR) is 109 cm³/mol. The Kier molecular flexibility index (Phi) is 5.07. The summed E-state index contributed by atoms with van der Waals surface area (Å²) in [5.41, 5.74) is 2.45. The average molecular weight is 368 g/mol. The quantitative estimate of drug-likeness (QED) is 0.831. The molecule has 2 aliphatic rings. The zero-order chi connectivity index (χ0) is 17.9. The topological polar surface area (TPSA) is 26.8 Å². The minimum Gasteiger partial charge on any atom is -0.368 e. The third-order valence-electron chi connectivity index (χ3n) is 5.09. The van der Waals surface area contributed by atoms with Gasteiger partial charge in [0.15, 0.2) is 0 Å². The summed E-state index contributed by atoms with van der Waals surface area (Å²) in [6.45, 7) is 7.04. The summed E-state index contributed by atoms with van der Waals surface area (Å²) in [5.74, 6) is 0.242. The molecule has 0 unspecified atom stereocenters. The van der Waals surface area contributed by atoms with Gasteiger partial charge in [0.1, 0.15) is 0 Å². The number of fused-ring (bicyclic) bond motifs is 1. The van der Waals surface area contributed by atoms with Crippen molar-refractivity contribution in [1.82, 2.24) is 4.90 Å². The number of para-hydroxylation sites is 2. The van der Waals surface area contributed by atoms with Crippen molar-refractivity contribution >= 4 is 29.0 Å². The number of hydrogen-bond donors (Lipinski definition) is 0. The molecule has 4 rings (SSSR count). The number of thioether (sulfide) groups is 1. The van der Waals surface area contributed by atoms with E-state index in [4.69, 9.17) is 0 Å². The number of piperazine rings is 1. The Labute approximate surface area is 159 Å². The first-order valence-electron chi connectivity index (χ1n) is 9.29. The fourth-order valence-corrected chi connectivity index (χ4v) is 4.91. The van der Waals surface area contributed by atoms with Gasteiger partial charge in [0.05, 0.1) is 12.2 Å². The van der Waals surface area contributed by atoms with E-state index < -0.39 is 0 Å². The molecule has 0 bridgehead atoms. The van der Waals surface area contributed by atoms with Gasteiger partial charge in [0.2, 0.25) is 5.91 Å². The van der Waals surface area contributed by atoms with Gasteiger partial charge in [-0.2, -0.15) is 0 Å². The maximum absolute atomic E-state index is 12.9. The van der Waals surface area contributed by atoms with E-state index in [1.807, 2.05) is 22.7 Å². The summed E-state index contributed by atoms with van der Waals surface area (Å²) in [7, 11) is 0. The molecular formula is C21H25N3OS. The fourth-order valence-electron chi connectivity index (χ4n) is 3.75. The van der Waals surface area contributed by atoms with E-state index in [1.54, 1.807) is 0 Å². The van der Waals surface area contributed by atoms with Gasteiger partial charge >= 0.3 is 0 Å². The molecule has 0 radical (unpaired) electrons. The van der Waals surface area contributed by atoms with Crippen molar-refractivity contribution in [3.8, 4) is 0 Å². The first-order valence-corrected chi connectivity index (χ1v) is 10.2. The van der Waals surface area contributed by atoms with E-state index >= 15 is 0 Å². The molecular weight excluding hydrogens is 342 g/mol. The smallest absolute Gasteiger partial charge is 0.242 e. The Balaban J connectivity index is 1.38. The van der Waals surface area contributed by atoms with Crippen molar-refractivity contribution in [3.63, 3.8) is 0 Å². The van der Waals surface area contributed by atoms with Crippen molar-refractivity contribution in [2.24, 2.45) is 0 Å². The summed E-state index contributed by atoms with van der Waals surface area (Å²) >= 11 is 1.90. The monoisotopic (exact) mass is 367 g/mol. The van der Waals surface area contributed by atoms with Crippen LogP contribution < -0.4 is 9.80 Å². The minimum absolute atomic E-state index is 0.242. The number of benzene rings is 2. The molecule has 0 saturated carbocycles. The van der Waals surface area contributed by atoms with Gasteiger partial charge in [0, 0.05) is 48.6 Å². The van der Waals surface area contributed by atoms with E-state index in [1.165, 1.54) is 16.3 Å². The van der Waals surface area contributed by atoms with Crippen LogP contribution in [0.5, 0.6) is 0 Å². The van der Waals surface area contributed by atoms with Crippen molar-refractivity contribution in [2.75, 3.05) is 49.1 Å². The predicted octanol–water partition coefficient (Wildman–Crippen LogP) is 3.34. The third kappa shape index (κ3) is 3.68. The number of nitrogens with zero attached hydrogens (tertiary/aromatic N) is 3. The summed E-state index contributed by atoms with van der Waals surface area (Å²) < 4.78 is 0. The molecule has 1 fully saturated rings. The lowest BCUT2D eigenvalue weighted by atomic mass is 10.2. The van der Waals surface area contributed by atoms with E-state index in [2.05, 4.69) is 65.3 Å². The normalized spacial score (nSPS) is 20.0. The highest BCUT2D eigenvalue weighted by Gasteiger charge is 2.27. The Hall–Kier alpha value is -2.14. The summed E-state index contributed by atoms with van der Waals surface area (Å²) in [6.07, 6.45) is 0. The van der Waals surface area contributed by atoms with Gasteiger partial charge < -0.3 is 14.7 Å². The van der Waals surface area contributed by atoms with Gasteiger partial charge in [-0.25, -0.2) is 0 Å². The van der Waals surface area contributed by atoms with Crippen molar-refractivity contribution < 1.29 is 4.79 Å². The molecule has 0 N–H and O–H groups in total. The summed E-state index contributed by atoms with van der Waals surface area (Å²) in [4.78, 5) is 20.8. The van der Waals surface area contributed by atoms with Crippen molar-refractivity contribution in [1.29, 1.82) is 0 Å². The van der Waals surface area contributed by atoms with Crippen LogP contribution in [0, 0.1) is 0 Å². The fraction of sp³-hybridized carbons (Fsp3) is 0.381. The lowest BCUT2D eigenvalue weighted by Gasteiger charge is -2.39. The SMILES string of the molecule is C[C@H]1CN(CC(=O)N2CCN(c3ccccc3)CC2)c2ccccc2S1. The number of amides is 1. The number of rotatable bonds is 3. The molecule has 1 amide bonds. The standard InChI is InChI=1S/C21H25N3OS/c1-17-15-24(19-9-5-6-10-20(19)26-17)16-21(25)23-13-11-22(12-14-23)18-7-3-2-4-8-18/h2-10,17H,11-16H2,1H3/t17-/m0/s1. The maximum Gasteiger partial charge on any atom is 0.242 e. The van der Waals surface area contributed by atoms with Crippen LogP contribution >= 0.6 is 11.8 Å². The highest BCUT2D eigenvalue weighted by atomic mass is 32.2. The zero-order valence-electron chi connectivity index (χ0n) is 15.2. The summed E-state index contributed by atoms with van der Waals surface area (Å²) in [6, 6.07) is 18.9.